The summed E-state index contributed by atoms with van der Waals surface area (Å²) in [5, 5.41) is 6.18. The summed E-state index contributed by atoms with van der Waals surface area (Å²) in [5.41, 5.74) is 2.40. The molecule has 4 heteroatoms. The molecule has 92 valence electrons. The van der Waals surface area contributed by atoms with E-state index in [2.05, 4.69) is 34.9 Å². The van der Waals surface area contributed by atoms with Crippen LogP contribution in [0.15, 0.2) is 24.3 Å². The van der Waals surface area contributed by atoms with Gasteiger partial charge in [0.05, 0.1) is 6.61 Å². The van der Waals surface area contributed by atoms with Gasteiger partial charge in [-0.2, -0.15) is 0 Å². The molecule has 1 aromatic rings. The summed E-state index contributed by atoms with van der Waals surface area (Å²) in [7, 11) is 1.69. The maximum absolute atomic E-state index is 11.0. The molecule has 2 rings (SSSR count). The first-order valence-electron chi connectivity index (χ1n) is 5.85. The van der Waals surface area contributed by atoms with E-state index in [-0.39, 0.29) is 11.9 Å². The van der Waals surface area contributed by atoms with E-state index in [9.17, 15) is 4.79 Å². The molecule has 0 saturated carbocycles. The van der Waals surface area contributed by atoms with Crippen molar-refractivity contribution in [1.82, 2.24) is 10.6 Å². The van der Waals surface area contributed by atoms with Crippen molar-refractivity contribution in [3.8, 4) is 0 Å². The molecule has 0 bridgehead atoms. The molecule has 1 fully saturated rings. The van der Waals surface area contributed by atoms with Crippen molar-refractivity contribution < 1.29 is 9.53 Å². The van der Waals surface area contributed by atoms with Gasteiger partial charge in [0.2, 0.25) is 5.91 Å². The third kappa shape index (κ3) is 3.54. The van der Waals surface area contributed by atoms with E-state index in [4.69, 9.17) is 4.74 Å². The number of ether oxygens (including phenoxy) is 1. The van der Waals surface area contributed by atoms with E-state index in [1.807, 2.05) is 0 Å². The molecular weight excluding hydrogens is 216 g/mol. The smallest absolute Gasteiger partial charge is 0.221 e. The molecule has 1 atom stereocenters. The fourth-order valence-electron chi connectivity index (χ4n) is 1.93. The molecule has 0 radical (unpaired) electrons. The van der Waals surface area contributed by atoms with Crippen LogP contribution in [0.5, 0.6) is 0 Å². The Morgan fingerprint density at radius 2 is 2.06 bits per heavy atom. The van der Waals surface area contributed by atoms with Crippen LogP contribution in [0.2, 0.25) is 0 Å². The average Bonchev–Trinajstić information content (AvgIpc) is 2.75. The normalized spacial score (nSPS) is 19.4. The predicted octanol–water partition coefficient (Wildman–Crippen LogP) is 0.811. The zero-order valence-electron chi connectivity index (χ0n) is 10.0. The Bertz CT molecular complexity index is 376. The van der Waals surface area contributed by atoms with E-state index in [0.717, 1.165) is 13.1 Å². The summed E-state index contributed by atoms with van der Waals surface area (Å²) in [6.07, 6.45) is 0.585. The Morgan fingerprint density at radius 1 is 1.35 bits per heavy atom. The number of hydrogen-bond acceptors (Lipinski definition) is 3. The van der Waals surface area contributed by atoms with Crippen LogP contribution >= 0.6 is 0 Å². The average molecular weight is 234 g/mol. The summed E-state index contributed by atoms with van der Waals surface area (Å²) in [5.74, 6) is 0.137. The molecule has 17 heavy (non-hydrogen) atoms. The van der Waals surface area contributed by atoms with Crippen molar-refractivity contribution in [2.24, 2.45) is 0 Å². The highest BCUT2D eigenvalue weighted by Crippen LogP contribution is 2.07. The van der Waals surface area contributed by atoms with Crippen LogP contribution in [0.3, 0.4) is 0 Å². The monoisotopic (exact) mass is 234 g/mol. The number of carbonyl (C=O) groups excluding carboxylic acids is 1. The fourth-order valence-corrected chi connectivity index (χ4v) is 1.93. The lowest BCUT2D eigenvalue weighted by Gasteiger charge is -2.10. The highest BCUT2D eigenvalue weighted by molar-refractivity contribution is 5.78. The van der Waals surface area contributed by atoms with Crippen molar-refractivity contribution in [2.75, 3.05) is 13.7 Å². The quantitative estimate of drug-likeness (QED) is 0.792. The summed E-state index contributed by atoms with van der Waals surface area (Å²) in [4.78, 5) is 11.0. The second-order valence-electron chi connectivity index (χ2n) is 4.34. The second-order valence-corrected chi connectivity index (χ2v) is 4.34. The van der Waals surface area contributed by atoms with Crippen LogP contribution in [0.25, 0.3) is 0 Å². The predicted molar refractivity (Wildman–Crippen MR) is 65.4 cm³/mol. The Morgan fingerprint density at radius 3 is 2.65 bits per heavy atom. The molecule has 2 N–H and O–H groups in total. The number of rotatable bonds is 5. The van der Waals surface area contributed by atoms with Crippen LogP contribution in [-0.4, -0.2) is 25.6 Å². The Hall–Kier alpha value is -1.39. The molecule has 1 amide bonds. The van der Waals surface area contributed by atoms with Gasteiger partial charge in [-0.3, -0.25) is 4.79 Å². The largest absolute Gasteiger partial charge is 0.380 e. The molecule has 1 aromatic carbocycles. The summed E-state index contributed by atoms with van der Waals surface area (Å²) in [6, 6.07) is 8.58. The number of amides is 1. The Balaban J connectivity index is 1.80. The lowest BCUT2D eigenvalue weighted by Crippen LogP contribution is -2.30. The minimum atomic E-state index is 0.137. The molecule has 1 aliphatic rings. The first-order chi connectivity index (χ1) is 8.28. The lowest BCUT2D eigenvalue weighted by atomic mass is 10.1. The highest BCUT2D eigenvalue weighted by Gasteiger charge is 2.20. The first kappa shape index (κ1) is 12.1. The Labute approximate surface area is 101 Å². The maximum Gasteiger partial charge on any atom is 0.221 e. The van der Waals surface area contributed by atoms with Crippen molar-refractivity contribution >= 4 is 5.91 Å². The third-order valence-corrected chi connectivity index (χ3v) is 2.91. The van der Waals surface area contributed by atoms with Crippen molar-refractivity contribution in [3.63, 3.8) is 0 Å². The molecule has 1 unspecified atom stereocenters. The SMILES string of the molecule is COCc1ccc(CNC2CNC(=O)C2)cc1. The van der Waals surface area contributed by atoms with Crippen LogP contribution in [-0.2, 0) is 22.7 Å². The molecule has 1 aliphatic heterocycles. The maximum atomic E-state index is 11.0. The molecular formula is C13H18N2O2. The van der Waals surface area contributed by atoms with E-state index in [0.29, 0.717) is 13.0 Å². The molecule has 1 heterocycles. The van der Waals surface area contributed by atoms with E-state index in [1.54, 1.807) is 7.11 Å². The minimum absolute atomic E-state index is 0.137. The van der Waals surface area contributed by atoms with Crippen LogP contribution in [0.1, 0.15) is 17.5 Å². The van der Waals surface area contributed by atoms with Gasteiger partial charge in [0, 0.05) is 32.7 Å². The molecule has 4 nitrogen and oxygen atoms in total. The molecule has 1 saturated heterocycles. The van der Waals surface area contributed by atoms with Gasteiger partial charge in [-0.15, -0.1) is 0 Å². The topological polar surface area (TPSA) is 50.4 Å². The molecule has 0 aliphatic carbocycles. The number of nitrogens with one attached hydrogen (secondary N) is 2. The van der Waals surface area contributed by atoms with Gasteiger partial charge in [0.15, 0.2) is 0 Å². The van der Waals surface area contributed by atoms with Gasteiger partial charge in [0.1, 0.15) is 0 Å². The van der Waals surface area contributed by atoms with E-state index < -0.39 is 0 Å². The number of benzene rings is 1. The van der Waals surface area contributed by atoms with Gasteiger partial charge >= 0.3 is 0 Å². The fraction of sp³-hybridized carbons (Fsp3) is 0.462. The lowest BCUT2D eigenvalue weighted by molar-refractivity contribution is -0.119. The highest BCUT2D eigenvalue weighted by atomic mass is 16.5. The number of hydrogen-bond donors (Lipinski definition) is 2. The van der Waals surface area contributed by atoms with Gasteiger partial charge in [-0.05, 0) is 11.1 Å². The zero-order valence-corrected chi connectivity index (χ0v) is 10.0. The van der Waals surface area contributed by atoms with E-state index >= 15 is 0 Å². The van der Waals surface area contributed by atoms with Crippen molar-refractivity contribution in [1.29, 1.82) is 0 Å². The van der Waals surface area contributed by atoms with Crippen LogP contribution in [0.4, 0.5) is 0 Å². The standard InChI is InChI=1S/C13H18N2O2/c1-17-9-11-4-2-10(3-5-11)7-14-12-6-13(16)15-8-12/h2-5,12,14H,6-9H2,1H3,(H,15,16). The second kappa shape index (κ2) is 5.80. The summed E-state index contributed by atoms with van der Waals surface area (Å²) >= 11 is 0. The van der Waals surface area contributed by atoms with Gasteiger partial charge in [-0.1, -0.05) is 24.3 Å². The summed E-state index contributed by atoms with van der Waals surface area (Å²) in [6.45, 7) is 2.18. The van der Waals surface area contributed by atoms with Gasteiger partial charge in [0.25, 0.3) is 0 Å². The number of methoxy groups -OCH3 is 1. The Kier molecular flexibility index (Phi) is 4.12. The first-order valence-corrected chi connectivity index (χ1v) is 5.85. The van der Waals surface area contributed by atoms with Crippen molar-refractivity contribution in [2.45, 2.75) is 25.6 Å². The summed E-state index contributed by atoms with van der Waals surface area (Å²) < 4.78 is 5.06. The van der Waals surface area contributed by atoms with Crippen LogP contribution in [0, 0.1) is 0 Å². The van der Waals surface area contributed by atoms with E-state index in [1.165, 1.54) is 11.1 Å². The van der Waals surface area contributed by atoms with Gasteiger partial charge < -0.3 is 15.4 Å². The van der Waals surface area contributed by atoms with Gasteiger partial charge in [-0.25, -0.2) is 0 Å². The van der Waals surface area contributed by atoms with Crippen molar-refractivity contribution in [3.05, 3.63) is 35.4 Å². The number of carbonyl (C=O) groups is 1. The minimum Gasteiger partial charge on any atom is -0.380 e. The molecule has 0 spiro atoms. The zero-order chi connectivity index (χ0) is 12.1. The molecule has 0 aromatic heterocycles. The third-order valence-electron chi connectivity index (χ3n) is 2.91. The van der Waals surface area contributed by atoms with Crippen LogP contribution < -0.4 is 10.6 Å².